The van der Waals surface area contributed by atoms with Crippen molar-refractivity contribution in [2.45, 2.75) is 66.2 Å². The first kappa shape index (κ1) is 19.9. The molecule has 0 heterocycles. The summed E-state index contributed by atoms with van der Waals surface area (Å²) in [7, 11) is 0. The summed E-state index contributed by atoms with van der Waals surface area (Å²) in [6.45, 7) is 13.3. The lowest BCUT2D eigenvalue weighted by molar-refractivity contribution is 0.127. The lowest BCUT2D eigenvalue weighted by atomic mass is 9.60. The monoisotopic (exact) mass is 360 g/mol. The molecule has 1 spiro atoms. The van der Waals surface area contributed by atoms with Crippen molar-refractivity contribution in [1.29, 1.82) is 0 Å². The third-order valence-electron chi connectivity index (χ3n) is 6.79. The van der Waals surface area contributed by atoms with Gasteiger partial charge in [-0.05, 0) is 89.7 Å². The molecule has 0 atom stereocenters. The number of benzene rings is 2. The molecule has 144 valence electrons. The van der Waals surface area contributed by atoms with Gasteiger partial charge in [0.1, 0.15) is 0 Å². The first-order valence-corrected chi connectivity index (χ1v) is 10.9. The lowest BCUT2D eigenvalue weighted by Gasteiger charge is -2.45. The Labute approximate surface area is 166 Å². The first-order chi connectivity index (χ1) is 13.1. The molecule has 0 aromatic heterocycles. The van der Waals surface area contributed by atoms with Gasteiger partial charge in [0.2, 0.25) is 0 Å². The highest BCUT2D eigenvalue weighted by molar-refractivity contribution is 5.75. The Morgan fingerprint density at radius 2 is 1.56 bits per heavy atom. The number of rotatable bonds is 2. The van der Waals surface area contributed by atoms with E-state index in [-0.39, 0.29) is 0 Å². The maximum atomic E-state index is 4.49. The molecular weight excluding hydrogens is 324 g/mol. The summed E-state index contributed by atoms with van der Waals surface area (Å²) in [5.41, 5.74) is 7.42. The molecule has 0 N–H and O–H groups in total. The van der Waals surface area contributed by atoms with Gasteiger partial charge >= 0.3 is 0 Å². The summed E-state index contributed by atoms with van der Waals surface area (Å²) in [6, 6.07) is 17.8. The average molecular weight is 361 g/mol. The summed E-state index contributed by atoms with van der Waals surface area (Å²) in [5, 5.41) is 0. The molecule has 0 amide bonds. The average Bonchev–Trinajstić information content (AvgIpc) is 2.70. The highest BCUT2D eigenvalue weighted by Crippen LogP contribution is 2.52. The van der Waals surface area contributed by atoms with E-state index in [1.807, 2.05) is 13.8 Å². The predicted octanol–water partition coefficient (Wildman–Crippen LogP) is 8.17. The van der Waals surface area contributed by atoms with E-state index in [1.54, 1.807) is 0 Å². The van der Waals surface area contributed by atoms with Gasteiger partial charge in [0.05, 0.1) is 0 Å². The highest BCUT2D eigenvalue weighted by Gasteiger charge is 2.39. The maximum absolute atomic E-state index is 4.49. The first-order valence-electron chi connectivity index (χ1n) is 10.9. The van der Waals surface area contributed by atoms with E-state index in [1.165, 1.54) is 66.4 Å². The fourth-order valence-corrected chi connectivity index (χ4v) is 5.16. The van der Waals surface area contributed by atoms with Gasteiger partial charge in [0.25, 0.3) is 0 Å². The molecule has 0 aliphatic heterocycles. The van der Waals surface area contributed by atoms with Crippen LogP contribution >= 0.6 is 0 Å². The van der Waals surface area contributed by atoms with Gasteiger partial charge in [-0.2, -0.15) is 0 Å². The van der Waals surface area contributed by atoms with Crippen LogP contribution in [0.2, 0.25) is 0 Å². The van der Waals surface area contributed by atoms with Crippen LogP contribution in [0.15, 0.2) is 55.1 Å². The van der Waals surface area contributed by atoms with Crippen molar-refractivity contribution in [3.63, 3.8) is 0 Å². The third-order valence-corrected chi connectivity index (χ3v) is 6.79. The van der Waals surface area contributed by atoms with Crippen LogP contribution in [0.4, 0.5) is 0 Å². The number of hydrogen-bond acceptors (Lipinski definition) is 0. The molecule has 0 radical (unpaired) electrons. The summed E-state index contributed by atoms with van der Waals surface area (Å²) < 4.78 is 0. The zero-order valence-electron chi connectivity index (χ0n) is 17.7. The Kier molecular flexibility index (Phi) is 6.25. The Hall–Kier alpha value is -1.82. The fraction of sp³-hybridized carbons (Fsp3) is 0.481. The van der Waals surface area contributed by atoms with Crippen molar-refractivity contribution in [3.8, 4) is 11.1 Å². The Morgan fingerprint density at radius 1 is 0.889 bits per heavy atom. The van der Waals surface area contributed by atoms with E-state index >= 15 is 0 Å². The van der Waals surface area contributed by atoms with Crippen LogP contribution in [0.5, 0.6) is 0 Å². The minimum Gasteiger partial charge on any atom is -0.0952 e. The van der Waals surface area contributed by atoms with Gasteiger partial charge in [-0.3, -0.25) is 0 Å². The van der Waals surface area contributed by atoms with Gasteiger partial charge in [0.15, 0.2) is 0 Å². The normalized spacial score (nSPS) is 24.3. The SMILES string of the molecule is C=C1CC2(CCC(C(C)C)CC2)Cc2ccc(-c3ccccc3)cc21.CC. The third kappa shape index (κ3) is 4.21. The minimum atomic E-state index is 0.490. The maximum Gasteiger partial charge on any atom is -0.0178 e. The van der Waals surface area contributed by atoms with E-state index < -0.39 is 0 Å². The van der Waals surface area contributed by atoms with Crippen LogP contribution in [0.1, 0.15) is 70.9 Å². The molecule has 27 heavy (non-hydrogen) atoms. The number of hydrogen-bond donors (Lipinski definition) is 0. The zero-order chi connectivity index (χ0) is 19.4. The quantitative estimate of drug-likeness (QED) is 0.506. The van der Waals surface area contributed by atoms with Crippen molar-refractivity contribution in [1.82, 2.24) is 0 Å². The Bertz CT molecular complexity index is 758. The van der Waals surface area contributed by atoms with Crippen LogP contribution in [-0.2, 0) is 6.42 Å². The molecule has 2 aliphatic rings. The molecule has 0 nitrogen and oxygen atoms in total. The van der Waals surface area contributed by atoms with Gasteiger partial charge < -0.3 is 0 Å². The molecule has 1 fully saturated rings. The Morgan fingerprint density at radius 3 is 2.19 bits per heavy atom. The number of allylic oxidation sites excluding steroid dienone is 1. The van der Waals surface area contributed by atoms with Crippen molar-refractivity contribution in [2.75, 3.05) is 0 Å². The van der Waals surface area contributed by atoms with Crippen molar-refractivity contribution in [3.05, 3.63) is 66.2 Å². The van der Waals surface area contributed by atoms with Crippen molar-refractivity contribution < 1.29 is 0 Å². The lowest BCUT2D eigenvalue weighted by Crippen LogP contribution is -2.34. The van der Waals surface area contributed by atoms with E-state index in [0.29, 0.717) is 5.41 Å². The van der Waals surface area contributed by atoms with E-state index in [4.69, 9.17) is 0 Å². The molecule has 1 saturated carbocycles. The molecule has 2 aromatic carbocycles. The van der Waals surface area contributed by atoms with E-state index in [2.05, 4.69) is 69.0 Å². The smallest absolute Gasteiger partial charge is 0.0178 e. The molecule has 0 bridgehead atoms. The van der Waals surface area contributed by atoms with Crippen LogP contribution in [0.3, 0.4) is 0 Å². The summed E-state index contributed by atoms with van der Waals surface area (Å²) >= 11 is 0. The standard InChI is InChI=1S/C25H30.C2H6/c1-18(2)20-11-13-25(14-12-20)16-19(3)24-15-22(9-10-23(24)17-25)21-7-5-4-6-8-21;1-2/h4-10,15,18,20H,3,11-14,16-17H2,1-2H3;1-2H3. The zero-order valence-corrected chi connectivity index (χ0v) is 17.7. The molecule has 4 rings (SSSR count). The summed E-state index contributed by atoms with van der Waals surface area (Å²) in [5.74, 6) is 1.77. The van der Waals surface area contributed by atoms with Crippen molar-refractivity contribution >= 4 is 5.57 Å². The molecule has 0 heteroatoms. The highest BCUT2D eigenvalue weighted by atomic mass is 14.4. The van der Waals surface area contributed by atoms with Crippen LogP contribution in [0.25, 0.3) is 16.7 Å². The van der Waals surface area contributed by atoms with Crippen LogP contribution in [-0.4, -0.2) is 0 Å². The van der Waals surface area contributed by atoms with Gasteiger partial charge in [0, 0.05) is 0 Å². The van der Waals surface area contributed by atoms with Gasteiger partial charge in [-0.15, -0.1) is 0 Å². The second kappa shape index (κ2) is 8.46. The summed E-state index contributed by atoms with van der Waals surface area (Å²) in [6.07, 6.45) is 8.03. The van der Waals surface area contributed by atoms with Gasteiger partial charge in [-0.25, -0.2) is 0 Å². The number of fused-ring (bicyclic) bond motifs is 1. The Balaban J connectivity index is 0.00000102. The molecule has 2 aromatic rings. The molecular formula is C27H36. The van der Waals surface area contributed by atoms with Crippen LogP contribution < -0.4 is 0 Å². The van der Waals surface area contributed by atoms with E-state index in [0.717, 1.165) is 11.8 Å². The topological polar surface area (TPSA) is 0 Å². The van der Waals surface area contributed by atoms with E-state index in [9.17, 15) is 0 Å². The minimum absolute atomic E-state index is 0.490. The predicted molar refractivity (Wildman–Crippen MR) is 120 cm³/mol. The van der Waals surface area contributed by atoms with Crippen molar-refractivity contribution in [2.24, 2.45) is 17.3 Å². The second-order valence-corrected chi connectivity index (χ2v) is 8.78. The summed E-state index contributed by atoms with van der Waals surface area (Å²) in [4.78, 5) is 0. The molecule has 2 aliphatic carbocycles. The molecule has 0 saturated heterocycles. The second-order valence-electron chi connectivity index (χ2n) is 8.78. The largest absolute Gasteiger partial charge is 0.0952 e. The molecule has 0 unspecified atom stereocenters. The van der Waals surface area contributed by atoms with Gasteiger partial charge in [-0.1, -0.05) is 76.7 Å². The fourth-order valence-electron chi connectivity index (χ4n) is 5.16. The van der Waals surface area contributed by atoms with Crippen LogP contribution in [0, 0.1) is 17.3 Å².